The van der Waals surface area contributed by atoms with Crippen LogP contribution in [0.5, 0.6) is 0 Å². The van der Waals surface area contributed by atoms with Crippen molar-refractivity contribution < 1.29 is 9.59 Å². The quantitative estimate of drug-likeness (QED) is 0.721. The molecule has 0 spiro atoms. The monoisotopic (exact) mass is 308 g/mol. The molecule has 6 nitrogen and oxygen atoms in total. The first-order valence-electron chi connectivity index (χ1n) is 8.67. The second kappa shape index (κ2) is 6.07. The number of rotatable bonds is 3. The number of hydrogen-bond donors (Lipinski definition) is 3. The van der Waals surface area contributed by atoms with Gasteiger partial charge in [0.15, 0.2) is 0 Å². The van der Waals surface area contributed by atoms with Gasteiger partial charge in [-0.25, -0.2) is 4.79 Å². The Labute approximate surface area is 132 Å². The van der Waals surface area contributed by atoms with Crippen LogP contribution >= 0.6 is 0 Å². The van der Waals surface area contributed by atoms with Crippen molar-refractivity contribution in [1.82, 2.24) is 15.5 Å². The molecular weight excluding hydrogens is 280 g/mol. The molecule has 3 atom stereocenters. The molecule has 1 saturated heterocycles. The molecule has 124 valence electrons. The summed E-state index contributed by atoms with van der Waals surface area (Å²) in [6.07, 6.45) is 5.71. The Morgan fingerprint density at radius 3 is 2.59 bits per heavy atom. The molecule has 4 N–H and O–H groups in total. The Bertz CT molecular complexity index is 447. The van der Waals surface area contributed by atoms with E-state index in [2.05, 4.69) is 10.6 Å². The van der Waals surface area contributed by atoms with Crippen LogP contribution in [-0.2, 0) is 4.79 Å². The van der Waals surface area contributed by atoms with Crippen molar-refractivity contribution in [1.29, 1.82) is 0 Å². The SMILES string of the molecule is CCNC(=O)NC1(C(=O)N2CC3CCC(N)C3C2)CCCC1. The molecule has 3 rings (SSSR count). The predicted molar refractivity (Wildman–Crippen MR) is 84.2 cm³/mol. The molecule has 22 heavy (non-hydrogen) atoms. The van der Waals surface area contributed by atoms with Gasteiger partial charge in [0.2, 0.25) is 5.91 Å². The van der Waals surface area contributed by atoms with Crippen LogP contribution in [0.15, 0.2) is 0 Å². The number of urea groups is 1. The highest BCUT2D eigenvalue weighted by Gasteiger charge is 2.49. The second-order valence-corrected chi connectivity index (χ2v) is 7.15. The van der Waals surface area contributed by atoms with Gasteiger partial charge in [-0.15, -0.1) is 0 Å². The maximum Gasteiger partial charge on any atom is 0.315 e. The number of nitrogens with zero attached hydrogens (tertiary/aromatic N) is 1. The summed E-state index contributed by atoms with van der Waals surface area (Å²) in [5.41, 5.74) is 5.48. The summed E-state index contributed by atoms with van der Waals surface area (Å²) < 4.78 is 0. The van der Waals surface area contributed by atoms with Crippen LogP contribution < -0.4 is 16.4 Å². The minimum atomic E-state index is -0.692. The molecule has 1 aliphatic heterocycles. The fourth-order valence-corrected chi connectivity index (χ4v) is 4.57. The van der Waals surface area contributed by atoms with Gasteiger partial charge >= 0.3 is 6.03 Å². The lowest BCUT2D eigenvalue weighted by Crippen LogP contribution is -2.60. The molecule has 0 bridgehead atoms. The molecule has 0 aromatic rings. The van der Waals surface area contributed by atoms with E-state index in [0.717, 1.165) is 51.6 Å². The smallest absolute Gasteiger partial charge is 0.315 e. The number of carbonyl (C=O) groups excluding carboxylic acids is 2. The third-order valence-electron chi connectivity index (χ3n) is 5.76. The Balaban J connectivity index is 1.69. The molecule has 3 amide bonds. The first-order valence-corrected chi connectivity index (χ1v) is 8.67. The zero-order chi connectivity index (χ0) is 15.7. The van der Waals surface area contributed by atoms with Gasteiger partial charge in [-0.05, 0) is 44.4 Å². The number of amides is 3. The molecule has 1 heterocycles. The van der Waals surface area contributed by atoms with Crippen molar-refractivity contribution in [2.75, 3.05) is 19.6 Å². The summed E-state index contributed by atoms with van der Waals surface area (Å²) in [6.45, 7) is 4.03. The highest BCUT2D eigenvalue weighted by atomic mass is 16.2. The van der Waals surface area contributed by atoms with Gasteiger partial charge in [-0.1, -0.05) is 12.8 Å². The number of hydrogen-bond acceptors (Lipinski definition) is 3. The summed E-state index contributed by atoms with van der Waals surface area (Å²) in [6, 6.07) is 0.00696. The van der Waals surface area contributed by atoms with Crippen LogP contribution in [0, 0.1) is 11.8 Å². The van der Waals surface area contributed by atoms with Crippen LogP contribution in [-0.4, -0.2) is 48.1 Å². The lowest BCUT2D eigenvalue weighted by Gasteiger charge is -2.33. The first kappa shape index (κ1) is 15.6. The van der Waals surface area contributed by atoms with E-state index in [9.17, 15) is 9.59 Å². The minimum Gasteiger partial charge on any atom is -0.340 e. The zero-order valence-corrected chi connectivity index (χ0v) is 13.4. The number of carbonyl (C=O) groups is 2. The van der Waals surface area contributed by atoms with Crippen LogP contribution in [0.3, 0.4) is 0 Å². The van der Waals surface area contributed by atoms with Gasteiger partial charge in [0.1, 0.15) is 5.54 Å². The number of fused-ring (bicyclic) bond motifs is 1. The van der Waals surface area contributed by atoms with E-state index in [1.165, 1.54) is 0 Å². The number of nitrogens with two attached hydrogens (primary N) is 1. The van der Waals surface area contributed by atoms with E-state index in [4.69, 9.17) is 5.73 Å². The highest BCUT2D eigenvalue weighted by molar-refractivity contribution is 5.91. The molecule has 2 aliphatic carbocycles. The van der Waals surface area contributed by atoms with Gasteiger partial charge in [-0.3, -0.25) is 4.79 Å². The predicted octanol–water partition coefficient (Wildman–Crippen LogP) is 0.814. The van der Waals surface area contributed by atoms with Crippen LogP contribution in [0.25, 0.3) is 0 Å². The van der Waals surface area contributed by atoms with Crippen LogP contribution in [0.1, 0.15) is 45.4 Å². The molecule has 3 aliphatic rings. The molecule has 0 aromatic carbocycles. The van der Waals surface area contributed by atoms with E-state index < -0.39 is 5.54 Å². The molecular formula is C16H28N4O2. The summed E-state index contributed by atoms with van der Waals surface area (Å²) >= 11 is 0. The van der Waals surface area contributed by atoms with E-state index in [0.29, 0.717) is 18.4 Å². The fourth-order valence-electron chi connectivity index (χ4n) is 4.57. The minimum absolute atomic E-state index is 0.109. The average Bonchev–Trinajstić information content (AvgIpc) is 3.17. The molecule has 6 heteroatoms. The van der Waals surface area contributed by atoms with Crippen molar-refractivity contribution in [2.24, 2.45) is 17.6 Å². The average molecular weight is 308 g/mol. The molecule has 3 fully saturated rings. The van der Waals surface area contributed by atoms with Gasteiger partial charge < -0.3 is 21.3 Å². The fraction of sp³-hybridized carbons (Fsp3) is 0.875. The summed E-state index contributed by atoms with van der Waals surface area (Å²) in [5.74, 6) is 1.12. The van der Waals surface area contributed by atoms with E-state index in [1.54, 1.807) is 0 Å². The number of likely N-dealkylation sites (tertiary alicyclic amines) is 1. The molecule has 2 saturated carbocycles. The number of nitrogens with one attached hydrogen (secondary N) is 2. The van der Waals surface area contributed by atoms with E-state index in [-0.39, 0.29) is 18.0 Å². The van der Waals surface area contributed by atoms with Gasteiger partial charge in [0, 0.05) is 25.7 Å². The first-order chi connectivity index (χ1) is 10.6. The second-order valence-electron chi connectivity index (χ2n) is 7.15. The third kappa shape index (κ3) is 2.69. The Morgan fingerprint density at radius 1 is 1.23 bits per heavy atom. The molecule has 0 aromatic heterocycles. The lowest BCUT2D eigenvalue weighted by atomic mass is 9.95. The van der Waals surface area contributed by atoms with Crippen molar-refractivity contribution in [3.05, 3.63) is 0 Å². The summed E-state index contributed by atoms with van der Waals surface area (Å²) in [5, 5.41) is 5.72. The van der Waals surface area contributed by atoms with Crippen molar-refractivity contribution in [3.8, 4) is 0 Å². The Morgan fingerprint density at radius 2 is 1.95 bits per heavy atom. The Kier molecular flexibility index (Phi) is 4.30. The zero-order valence-electron chi connectivity index (χ0n) is 13.4. The standard InChI is InChI=1S/C16H28N4O2/c1-2-18-15(22)19-16(7-3-4-8-16)14(21)20-9-11-5-6-13(17)12(11)10-20/h11-13H,2-10,17H2,1H3,(H2,18,19,22). The maximum atomic E-state index is 13.1. The van der Waals surface area contributed by atoms with E-state index in [1.807, 2.05) is 11.8 Å². The van der Waals surface area contributed by atoms with Gasteiger partial charge in [0.05, 0.1) is 0 Å². The largest absolute Gasteiger partial charge is 0.340 e. The lowest BCUT2D eigenvalue weighted by molar-refractivity contribution is -0.137. The summed E-state index contributed by atoms with van der Waals surface area (Å²) in [7, 11) is 0. The topological polar surface area (TPSA) is 87.5 Å². The van der Waals surface area contributed by atoms with Crippen molar-refractivity contribution in [3.63, 3.8) is 0 Å². The normalized spacial score (nSPS) is 32.8. The van der Waals surface area contributed by atoms with Gasteiger partial charge in [0.25, 0.3) is 0 Å². The van der Waals surface area contributed by atoms with Gasteiger partial charge in [-0.2, -0.15) is 0 Å². The van der Waals surface area contributed by atoms with Crippen molar-refractivity contribution >= 4 is 11.9 Å². The maximum absolute atomic E-state index is 13.1. The highest BCUT2D eigenvalue weighted by Crippen LogP contribution is 2.40. The van der Waals surface area contributed by atoms with Crippen LogP contribution in [0.4, 0.5) is 4.79 Å². The molecule has 3 unspecified atom stereocenters. The molecule has 0 radical (unpaired) electrons. The summed E-state index contributed by atoms with van der Waals surface area (Å²) in [4.78, 5) is 27.0. The van der Waals surface area contributed by atoms with Crippen molar-refractivity contribution in [2.45, 2.75) is 57.0 Å². The Hall–Kier alpha value is -1.30. The third-order valence-corrected chi connectivity index (χ3v) is 5.76. The van der Waals surface area contributed by atoms with Crippen LogP contribution in [0.2, 0.25) is 0 Å². The van der Waals surface area contributed by atoms with E-state index >= 15 is 0 Å².